The number of ether oxygens (including phenoxy) is 3. The zero-order chi connectivity index (χ0) is 36.3. The van der Waals surface area contributed by atoms with Crippen molar-refractivity contribution in [2.24, 2.45) is 0 Å². The number of rotatable bonds is 14. The summed E-state index contributed by atoms with van der Waals surface area (Å²) in [5.74, 6) is -0.847. The number of benzene rings is 5. The van der Waals surface area contributed by atoms with Crippen molar-refractivity contribution >= 4 is 11.9 Å². The Morgan fingerprint density at radius 2 is 1.37 bits per heavy atom. The molecule has 0 radical (unpaired) electrons. The van der Waals surface area contributed by atoms with Crippen LogP contribution in [-0.4, -0.2) is 40.6 Å². The van der Waals surface area contributed by atoms with Crippen molar-refractivity contribution in [3.05, 3.63) is 167 Å². The molecule has 0 saturated carbocycles. The number of esters is 1. The summed E-state index contributed by atoms with van der Waals surface area (Å²) in [6, 6.07) is 45.2. The fourth-order valence-corrected chi connectivity index (χ4v) is 6.55. The number of nitrogens with zero attached hydrogens (tertiary/aromatic N) is 1. The van der Waals surface area contributed by atoms with Gasteiger partial charge in [-0.1, -0.05) is 121 Å². The van der Waals surface area contributed by atoms with E-state index in [-0.39, 0.29) is 24.7 Å². The summed E-state index contributed by atoms with van der Waals surface area (Å²) >= 11 is 0. The Balaban J connectivity index is 1.23. The maximum Gasteiger partial charge on any atom is 0.303 e. The van der Waals surface area contributed by atoms with Crippen molar-refractivity contribution in [1.82, 2.24) is 10.2 Å². The molecule has 1 amide bonds. The summed E-state index contributed by atoms with van der Waals surface area (Å²) in [5, 5.41) is 12.5. The Morgan fingerprint density at radius 1 is 0.750 bits per heavy atom. The molecule has 1 aliphatic rings. The van der Waals surface area contributed by atoms with Gasteiger partial charge in [0.25, 0.3) is 5.91 Å². The summed E-state index contributed by atoms with van der Waals surface area (Å²) < 4.78 is 18.5. The summed E-state index contributed by atoms with van der Waals surface area (Å²) in [6.45, 7) is 5.40. The number of nitrogens with one attached hydrogen (secondary N) is 1. The summed E-state index contributed by atoms with van der Waals surface area (Å²) in [7, 11) is 0. The van der Waals surface area contributed by atoms with E-state index in [1.807, 2.05) is 72.8 Å². The summed E-state index contributed by atoms with van der Waals surface area (Å²) in [4.78, 5) is 26.1. The first-order valence-corrected chi connectivity index (χ1v) is 17.8. The van der Waals surface area contributed by atoms with E-state index in [0.29, 0.717) is 19.5 Å². The Hall–Kier alpha value is -5.12. The first-order chi connectivity index (χ1) is 25.3. The number of hydrogen-bond acceptors (Lipinski definition) is 7. The number of carbonyl (C=O) groups is 2. The molecule has 1 aliphatic heterocycles. The highest BCUT2D eigenvalue weighted by Gasteiger charge is 2.33. The monoisotopic (exact) mass is 698 g/mol. The lowest BCUT2D eigenvalue weighted by molar-refractivity contribution is -0.253. The smallest absolute Gasteiger partial charge is 0.303 e. The van der Waals surface area contributed by atoms with Crippen molar-refractivity contribution in [2.75, 3.05) is 6.54 Å². The van der Waals surface area contributed by atoms with Gasteiger partial charge < -0.3 is 24.6 Å². The van der Waals surface area contributed by atoms with Gasteiger partial charge in [0.15, 0.2) is 12.4 Å². The maximum absolute atomic E-state index is 12.4. The molecule has 5 aromatic rings. The molecule has 4 atom stereocenters. The molecule has 0 aromatic heterocycles. The second kappa shape index (κ2) is 17.9. The Bertz CT molecular complexity index is 1860. The van der Waals surface area contributed by atoms with Crippen LogP contribution in [0.1, 0.15) is 66.0 Å². The van der Waals surface area contributed by atoms with Gasteiger partial charge >= 0.3 is 5.97 Å². The van der Waals surface area contributed by atoms with Crippen molar-refractivity contribution < 1.29 is 28.9 Å². The van der Waals surface area contributed by atoms with Gasteiger partial charge in [-0.25, -0.2) is 0 Å². The molecule has 1 heterocycles. The molecule has 8 heteroatoms. The minimum Gasteiger partial charge on any atom is -0.453 e. The predicted octanol–water partition coefficient (Wildman–Crippen LogP) is 7.66. The van der Waals surface area contributed by atoms with Crippen LogP contribution < -0.4 is 5.32 Å². The van der Waals surface area contributed by atoms with Gasteiger partial charge in [0, 0.05) is 45.1 Å². The third kappa shape index (κ3) is 10.2. The van der Waals surface area contributed by atoms with Crippen LogP contribution in [0.15, 0.2) is 133 Å². The lowest BCUT2D eigenvalue weighted by Crippen LogP contribution is -2.39. The average Bonchev–Trinajstić information content (AvgIpc) is 3.17. The van der Waals surface area contributed by atoms with E-state index in [1.54, 1.807) is 6.92 Å². The van der Waals surface area contributed by atoms with Crippen molar-refractivity contribution in [1.29, 1.82) is 0 Å². The van der Waals surface area contributed by atoms with Crippen LogP contribution in [0.2, 0.25) is 0 Å². The van der Waals surface area contributed by atoms with Gasteiger partial charge in [-0.3, -0.25) is 14.5 Å². The molecule has 8 nitrogen and oxygen atoms in total. The van der Waals surface area contributed by atoms with E-state index < -0.39 is 18.4 Å². The number of carbonyl (C=O) groups excluding carboxylic acids is 2. The molecular formula is C44H46N2O6. The molecule has 0 unspecified atom stereocenters. The fraction of sp³-hybridized carbons (Fsp3) is 0.273. The Labute approximate surface area is 306 Å². The first kappa shape index (κ1) is 36.7. The zero-order valence-electron chi connectivity index (χ0n) is 29.7. The van der Waals surface area contributed by atoms with E-state index in [2.05, 4.69) is 70.9 Å². The zero-order valence-corrected chi connectivity index (χ0v) is 29.7. The van der Waals surface area contributed by atoms with E-state index >= 15 is 0 Å². The quantitative estimate of drug-likeness (QED) is 0.115. The normalized spacial score (nSPS) is 17.7. The van der Waals surface area contributed by atoms with E-state index in [0.717, 1.165) is 46.5 Å². The van der Waals surface area contributed by atoms with Gasteiger partial charge in [0.2, 0.25) is 0 Å². The molecule has 268 valence electrons. The van der Waals surface area contributed by atoms with Crippen molar-refractivity contribution in [3.63, 3.8) is 0 Å². The van der Waals surface area contributed by atoms with Crippen LogP contribution in [0, 0.1) is 0 Å². The number of amides is 1. The molecule has 0 spiro atoms. The Morgan fingerprint density at radius 3 is 2.00 bits per heavy atom. The molecule has 6 rings (SSSR count). The molecular weight excluding hydrogens is 652 g/mol. The number of aliphatic hydroxyl groups is 1. The standard InChI is InChI=1S/C44H46N2O6/c1-31(50-32(2)48)43(49)45-26-36-15-9-16-38(23-36)39-17-10-18-40(24-39)44-51-41(25-42(52-44)37-21-19-35(30-47)20-22-37)29-46(27-33-11-5-3-6-12-33)28-34-13-7-4-8-14-34/h3-24,31,41-42,44,47H,25-30H2,1-2H3,(H,45,49)/t31-,41+,42-,44-/m0/s1. The first-order valence-electron chi connectivity index (χ1n) is 17.8. The second-order valence-electron chi connectivity index (χ2n) is 13.3. The van der Waals surface area contributed by atoms with Crippen LogP contribution in [0.25, 0.3) is 11.1 Å². The second-order valence-corrected chi connectivity index (χ2v) is 13.3. The maximum atomic E-state index is 12.4. The SMILES string of the molecule is CC(=O)O[C@@H](C)C(=O)NCc1cccc(-c2cccc([C@H]3O[C@@H](CN(Cc4ccccc4)Cc4ccccc4)C[C@@H](c4ccc(CO)cc4)O3)c2)c1. The molecule has 0 aliphatic carbocycles. The highest BCUT2D eigenvalue weighted by atomic mass is 16.7. The van der Waals surface area contributed by atoms with E-state index in [1.165, 1.54) is 18.1 Å². The predicted molar refractivity (Wildman–Crippen MR) is 200 cm³/mol. The summed E-state index contributed by atoms with van der Waals surface area (Å²) in [6.07, 6.45) is -1.13. The van der Waals surface area contributed by atoms with Gasteiger partial charge in [-0.2, -0.15) is 0 Å². The molecule has 5 aromatic carbocycles. The van der Waals surface area contributed by atoms with E-state index in [4.69, 9.17) is 14.2 Å². The van der Waals surface area contributed by atoms with Gasteiger partial charge in [0.1, 0.15) is 0 Å². The topological polar surface area (TPSA) is 97.3 Å². The molecule has 52 heavy (non-hydrogen) atoms. The van der Waals surface area contributed by atoms with Crippen molar-refractivity contribution in [3.8, 4) is 11.1 Å². The van der Waals surface area contributed by atoms with Gasteiger partial charge in [-0.05, 0) is 58.0 Å². The molecule has 2 N–H and O–H groups in total. The highest BCUT2D eigenvalue weighted by molar-refractivity contribution is 5.82. The Kier molecular flexibility index (Phi) is 12.6. The number of hydrogen-bond donors (Lipinski definition) is 2. The van der Waals surface area contributed by atoms with Crippen molar-refractivity contribution in [2.45, 2.75) is 71.1 Å². The van der Waals surface area contributed by atoms with E-state index in [9.17, 15) is 14.7 Å². The minimum atomic E-state index is -0.864. The van der Waals surface area contributed by atoms with Crippen LogP contribution in [0.4, 0.5) is 0 Å². The van der Waals surface area contributed by atoms with Gasteiger partial charge in [0.05, 0.1) is 18.8 Å². The minimum absolute atomic E-state index is 0.0120. The summed E-state index contributed by atoms with van der Waals surface area (Å²) in [5.41, 5.74) is 8.19. The molecule has 1 saturated heterocycles. The van der Waals surface area contributed by atoms with Gasteiger partial charge in [-0.15, -0.1) is 0 Å². The highest BCUT2D eigenvalue weighted by Crippen LogP contribution is 2.39. The van der Waals surface area contributed by atoms with Crippen LogP contribution in [-0.2, 0) is 50.0 Å². The third-order valence-electron chi connectivity index (χ3n) is 9.17. The lowest BCUT2D eigenvalue weighted by Gasteiger charge is -2.38. The molecule has 0 bridgehead atoms. The molecule has 1 fully saturated rings. The largest absolute Gasteiger partial charge is 0.453 e. The van der Waals surface area contributed by atoms with Crippen LogP contribution in [0.5, 0.6) is 0 Å². The van der Waals surface area contributed by atoms with Crippen LogP contribution in [0.3, 0.4) is 0 Å². The average molecular weight is 699 g/mol. The third-order valence-corrected chi connectivity index (χ3v) is 9.17. The number of aliphatic hydroxyl groups excluding tert-OH is 1. The van der Waals surface area contributed by atoms with Crippen LogP contribution >= 0.6 is 0 Å². The fourth-order valence-electron chi connectivity index (χ4n) is 6.55. The lowest BCUT2D eigenvalue weighted by atomic mass is 9.98.